The summed E-state index contributed by atoms with van der Waals surface area (Å²) >= 11 is 6.03. The first-order valence-corrected chi connectivity index (χ1v) is 9.76. The maximum absolute atomic E-state index is 12.6. The van der Waals surface area contributed by atoms with Gasteiger partial charge >= 0.3 is 6.03 Å². The highest BCUT2D eigenvalue weighted by Crippen LogP contribution is 2.21. The lowest BCUT2D eigenvalue weighted by atomic mass is 10.2. The third-order valence-corrected chi connectivity index (χ3v) is 5.28. The van der Waals surface area contributed by atoms with Crippen LogP contribution >= 0.6 is 11.6 Å². The summed E-state index contributed by atoms with van der Waals surface area (Å²) in [6, 6.07) is 11.4. The van der Waals surface area contributed by atoms with Gasteiger partial charge in [-0.25, -0.2) is 9.78 Å². The number of aryl methyl sites for hydroxylation is 2. The van der Waals surface area contributed by atoms with Crippen LogP contribution in [-0.4, -0.2) is 47.0 Å². The van der Waals surface area contributed by atoms with E-state index in [0.29, 0.717) is 30.5 Å². The molecule has 6 nitrogen and oxygen atoms in total. The molecule has 2 aromatic carbocycles. The first kappa shape index (κ1) is 18.8. The average Bonchev–Trinajstić information content (AvgIpc) is 3.06. The van der Waals surface area contributed by atoms with Crippen molar-refractivity contribution in [2.75, 3.05) is 31.5 Å². The Hall–Kier alpha value is -2.57. The van der Waals surface area contributed by atoms with Crippen LogP contribution in [0.1, 0.15) is 17.0 Å². The molecule has 0 aliphatic carbocycles. The standard InChI is InChI=1S/C21H23ClN4O2/c1-14-3-6-19-18(11-14)23-20(28-19)13-25-7-9-26(10-8-25)21(27)24-17-12-16(22)5-4-15(17)2/h3-6,11-12H,7-10,13H2,1-2H3,(H,24,27). The van der Waals surface area contributed by atoms with E-state index in [0.717, 1.165) is 35.4 Å². The number of nitrogens with zero attached hydrogens (tertiary/aromatic N) is 3. The average molecular weight is 399 g/mol. The van der Waals surface area contributed by atoms with Crippen molar-refractivity contribution in [3.05, 3.63) is 58.4 Å². The fourth-order valence-corrected chi connectivity index (χ4v) is 3.55. The highest BCUT2D eigenvalue weighted by Gasteiger charge is 2.22. The molecule has 0 spiro atoms. The van der Waals surface area contributed by atoms with E-state index >= 15 is 0 Å². The lowest BCUT2D eigenvalue weighted by Gasteiger charge is -2.34. The topological polar surface area (TPSA) is 61.6 Å². The number of rotatable bonds is 3. The number of anilines is 1. The number of urea groups is 1. The number of oxazole rings is 1. The van der Waals surface area contributed by atoms with E-state index in [2.05, 4.69) is 15.2 Å². The minimum absolute atomic E-state index is 0.0950. The Kier molecular flexibility index (Phi) is 5.24. The quantitative estimate of drug-likeness (QED) is 0.708. The summed E-state index contributed by atoms with van der Waals surface area (Å²) in [4.78, 5) is 21.2. The largest absolute Gasteiger partial charge is 0.439 e. The van der Waals surface area contributed by atoms with Gasteiger partial charge in [0.15, 0.2) is 5.58 Å². The van der Waals surface area contributed by atoms with E-state index in [4.69, 9.17) is 16.0 Å². The van der Waals surface area contributed by atoms with Crippen molar-refractivity contribution >= 4 is 34.4 Å². The number of halogens is 1. The maximum atomic E-state index is 12.6. The first-order chi connectivity index (χ1) is 13.5. The molecule has 0 bridgehead atoms. The summed E-state index contributed by atoms with van der Waals surface area (Å²) in [5, 5.41) is 3.57. The molecular formula is C21H23ClN4O2. The van der Waals surface area contributed by atoms with Gasteiger partial charge in [-0.2, -0.15) is 0 Å². The number of nitrogens with one attached hydrogen (secondary N) is 1. The number of amides is 2. The number of hydrogen-bond acceptors (Lipinski definition) is 4. The molecule has 2 amide bonds. The summed E-state index contributed by atoms with van der Waals surface area (Å²) in [5.74, 6) is 0.716. The number of carbonyl (C=O) groups is 1. The van der Waals surface area contributed by atoms with E-state index in [9.17, 15) is 4.79 Å². The Morgan fingerprint density at radius 1 is 1.14 bits per heavy atom. The summed E-state index contributed by atoms with van der Waals surface area (Å²) in [6.07, 6.45) is 0. The molecule has 1 saturated heterocycles. The smallest absolute Gasteiger partial charge is 0.321 e. The lowest BCUT2D eigenvalue weighted by molar-refractivity contribution is 0.136. The van der Waals surface area contributed by atoms with Crippen LogP contribution in [0.3, 0.4) is 0 Å². The molecule has 0 saturated carbocycles. The second-order valence-electron chi connectivity index (χ2n) is 7.23. The van der Waals surface area contributed by atoms with Gasteiger partial charge in [-0.05, 0) is 49.2 Å². The summed E-state index contributed by atoms with van der Waals surface area (Å²) in [5.41, 5.74) is 4.62. The zero-order valence-electron chi connectivity index (χ0n) is 16.0. The van der Waals surface area contributed by atoms with Crippen LogP contribution in [0.25, 0.3) is 11.1 Å². The van der Waals surface area contributed by atoms with Crippen molar-refractivity contribution in [3.8, 4) is 0 Å². The summed E-state index contributed by atoms with van der Waals surface area (Å²) < 4.78 is 5.85. The Morgan fingerprint density at radius 2 is 1.93 bits per heavy atom. The van der Waals surface area contributed by atoms with Crippen molar-refractivity contribution < 1.29 is 9.21 Å². The van der Waals surface area contributed by atoms with Crippen LogP contribution in [-0.2, 0) is 6.54 Å². The molecule has 7 heteroatoms. The molecule has 4 rings (SSSR count). The molecule has 28 heavy (non-hydrogen) atoms. The first-order valence-electron chi connectivity index (χ1n) is 9.38. The van der Waals surface area contributed by atoms with Crippen molar-refractivity contribution in [1.29, 1.82) is 0 Å². The number of benzene rings is 2. The molecule has 0 unspecified atom stereocenters. The second kappa shape index (κ2) is 7.81. The Bertz CT molecular complexity index is 1010. The fraction of sp³-hybridized carbons (Fsp3) is 0.333. The number of carbonyl (C=O) groups excluding carboxylic acids is 1. The normalized spacial score (nSPS) is 15.2. The van der Waals surface area contributed by atoms with E-state index in [-0.39, 0.29) is 6.03 Å². The van der Waals surface area contributed by atoms with Crippen LogP contribution in [0, 0.1) is 13.8 Å². The minimum atomic E-state index is -0.0950. The van der Waals surface area contributed by atoms with Crippen molar-refractivity contribution in [2.24, 2.45) is 0 Å². The van der Waals surface area contributed by atoms with Gasteiger partial charge in [-0.15, -0.1) is 0 Å². The number of hydrogen-bond donors (Lipinski definition) is 1. The van der Waals surface area contributed by atoms with Gasteiger partial charge < -0.3 is 14.6 Å². The molecule has 3 aromatic rings. The van der Waals surface area contributed by atoms with Crippen molar-refractivity contribution in [2.45, 2.75) is 20.4 Å². The number of aromatic nitrogens is 1. The lowest BCUT2D eigenvalue weighted by Crippen LogP contribution is -2.49. The van der Waals surface area contributed by atoms with Crippen molar-refractivity contribution in [3.63, 3.8) is 0 Å². The highest BCUT2D eigenvalue weighted by atomic mass is 35.5. The number of piperazine rings is 1. The Morgan fingerprint density at radius 3 is 2.71 bits per heavy atom. The molecule has 0 atom stereocenters. The molecule has 1 N–H and O–H groups in total. The SMILES string of the molecule is Cc1ccc2oc(CN3CCN(C(=O)Nc4cc(Cl)ccc4C)CC3)nc2c1. The molecule has 0 radical (unpaired) electrons. The zero-order chi connectivity index (χ0) is 19.7. The molecular weight excluding hydrogens is 376 g/mol. The predicted octanol–water partition coefficient (Wildman–Crippen LogP) is 4.45. The monoisotopic (exact) mass is 398 g/mol. The molecule has 2 heterocycles. The van der Waals surface area contributed by atoms with Gasteiger partial charge in [0.2, 0.25) is 5.89 Å². The van der Waals surface area contributed by atoms with E-state index in [1.165, 1.54) is 5.56 Å². The third kappa shape index (κ3) is 4.13. The van der Waals surface area contributed by atoms with Gasteiger partial charge in [0.25, 0.3) is 0 Å². The van der Waals surface area contributed by atoms with Crippen LogP contribution in [0.5, 0.6) is 0 Å². The highest BCUT2D eigenvalue weighted by molar-refractivity contribution is 6.31. The number of fused-ring (bicyclic) bond motifs is 1. The fourth-order valence-electron chi connectivity index (χ4n) is 3.38. The van der Waals surface area contributed by atoms with Gasteiger partial charge in [-0.3, -0.25) is 4.90 Å². The van der Waals surface area contributed by atoms with Gasteiger partial charge in [0.05, 0.1) is 6.54 Å². The maximum Gasteiger partial charge on any atom is 0.321 e. The van der Waals surface area contributed by atoms with Gasteiger partial charge in [0.1, 0.15) is 5.52 Å². The van der Waals surface area contributed by atoms with Crippen LogP contribution in [0.2, 0.25) is 5.02 Å². The molecule has 1 aliphatic rings. The molecule has 1 aromatic heterocycles. The molecule has 146 valence electrons. The minimum Gasteiger partial charge on any atom is -0.439 e. The van der Waals surface area contributed by atoms with Crippen molar-refractivity contribution in [1.82, 2.24) is 14.8 Å². The predicted molar refractivity (Wildman–Crippen MR) is 111 cm³/mol. The molecule has 1 fully saturated rings. The van der Waals surface area contributed by atoms with E-state index < -0.39 is 0 Å². The molecule has 1 aliphatic heterocycles. The van der Waals surface area contributed by atoms with Crippen LogP contribution < -0.4 is 5.32 Å². The Labute approximate surface area is 169 Å². The van der Waals surface area contributed by atoms with E-state index in [1.54, 1.807) is 6.07 Å². The van der Waals surface area contributed by atoms with E-state index in [1.807, 2.05) is 49.1 Å². The van der Waals surface area contributed by atoms with Crippen LogP contribution in [0.15, 0.2) is 40.8 Å². The second-order valence-corrected chi connectivity index (χ2v) is 7.67. The van der Waals surface area contributed by atoms with Gasteiger partial charge in [-0.1, -0.05) is 23.7 Å². The third-order valence-electron chi connectivity index (χ3n) is 5.05. The van der Waals surface area contributed by atoms with Gasteiger partial charge in [0, 0.05) is 36.9 Å². The summed E-state index contributed by atoms with van der Waals surface area (Å²) in [7, 11) is 0. The van der Waals surface area contributed by atoms with Crippen LogP contribution in [0.4, 0.5) is 10.5 Å². The zero-order valence-corrected chi connectivity index (χ0v) is 16.8. The summed E-state index contributed by atoms with van der Waals surface area (Å²) in [6.45, 7) is 7.51. The Balaban J connectivity index is 1.33.